The van der Waals surface area contributed by atoms with Gasteiger partial charge in [0, 0.05) is 17.5 Å². The Morgan fingerprint density at radius 2 is 1.27 bits per heavy atom. The number of benzene rings is 4. The standard InChI is InChI=1S/C31H33N2O3S.CH3.ClH.Ru/c1-24-13-17-26(18-14-24)23-36-22-21-32-30(27-9-5-3-6-10-27)31(28-11-7-4-8-12-28)33-37(34,35)29-19-15-25(2)16-20-29;;;/h3-20,30-32H,21-23H2,1-2H3;1H3;1H;/q2*-1;;+4/p-1/t30-,31-;;;/m0.../s1. The fourth-order valence-electron chi connectivity index (χ4n) is 4.12. The van der Waals surface area contributed by atoms with E-state index in [4.69, 9.17) is 4.74 Å². The summed E-state index contributed by atoms with van der Waals surface area (Å²) in [5.74, 6) is 0. The normalized spacial score (nSPS) is 12.4. The van der Waals surface area contributed by atoms with Crippen LogP contribution in [0, 0.1) is 21.3 Å². The Balaban J connectivity index is 0.00000183. The molecule has 0 saturated heterocycles. The fourth-order valence-corrected chi connectivity index (χ4v) is 5.26. The Labute approximate surface area is 254 Å². The molecule has 4 aromatic carbocycles. The molecule has 2 atom stereocenters. The zero-order valence-corrected chi connectivity index (χ0v) is 26.3. The van der Waals surface area contributed by atoms with E-state index in [0.29, 0.717) is 19.8 Å². The van der Waals surface area contributed by atoms with E-state index >= 15 is 0 Å². The van der Waals surface area contributed by atoms with Gasteiger partial charge in [-0.15, -0.1) is 0 Å². The molecule has 0 heterocycles. The minimum atomic E-state index is -3.90. The molecule has 8 heteroatoms. The third-order valence-corrected chi connectivity index (χ3v) is 7.56. The van der Waals surface area contributed by atoms with Crippen molar-refractivity contribution in [2.75, 3.05) is 13.2 Å². The average molecular weight is 665 g/mol. The quantitative estimate of drug-likeness (QED) is 0.0954. The Kier molecular flexibility index (Phi) is 14.7. The maximum absolute atomic E-state index is 13.4. The molecular weight excluding hydrogens is 629 g/mol. The second-order valence-electron chi connectivity index (χ2n) is 9.13. The second-order valence-corrected chi connectivity index (χ2v) is 10.8. The van der Waals surface area contributed by atoms with E-state index in [-0.39, 0.29) is 18.4 Å². The Morgan fingerprint density at radius 3 is 1.82 bits per heavy atom. The molecule has 0 amide bonds. The van der Waals surface area contributed by atoms with Gasteiger partial charge in [-0.25, -0.2) is 8.42 Å². The van der Waals surface area contributed by atoms with Gasteiger partial charge < -0.3 is 22.2 Å². The number of nitrogens with zero attached hydrogens (tertiary/aromatic N) is 1. The monoisotopic (exact) mass is 665 g/mol. The molecule has 5 nitrogen and oxygen atoms in total. The van der Waals surface area contributed by atoms with Crippen molar-refractivity contribution in [3.05, 3.63) is 149 Å². The first-order valence-electron chi connectivity index (χ1n) is 12.6. The minimum absolute atomic E-state index is 0. The number of halogens is 1. The fraction of sp³-hybridized carbons (Fsp3) is 0.219. The van der Waals surface area contributed by atoms with Crippen LogP contribution in [0.25, 0.3) is 4.72 Å². The molecule has 0 saturated carbocycles. The molecular formula is C32H36ClN2O3RuS+. The van der Waals surface area contributed by atoms with E-state index < -0.39 is 16.1 Å². The molecule has 1 N–H and O–H groups in total. The van der Waals surface area contributed by atoms with Crippen LogP contribution in [0.15, 0.2) is 114 Å². The van der Waals surface area contributed by atoms with E-state index in [9.17, 15) is 8.42 Å². The van der Waals surface area contributed by atoms with Crippen LogP contribution in [0.5, 0.6) is 0 Å². The Bertz CT molecular complexity index is 1360. The molecule has 0 aliphatic carbocycles. The molecule has 0 aromatic heterocycles. The molecule has 4 aromatic rings. The van der Waals surface area contributed by atoms with Crippen molar-refractivity contribution in [1.82, 2.24) is 5.32 Å². The number of aryl methyl sites for hydroxylation is 2. The predicted molar refractivity (Wildman–Crippen MR) is 161 cm³/mol. The van der Waals surface area contributed by atoms with Crippen LogP contribution in [-0.4, -0.2) is 21.6 Å². The van der Waals surface area contributed by atoms with Crippen LogP contribution in [0.2, 0.25) is 0 Å². The van der Waals surface area contributed by atoms with Gasteiger partial charge in [0.2, 0.25) is 0 Å². The van der Waals surface area contributed by atoms with Gasteiger partial charge in [0.15, 0.2) is 0 Å². The summed E-state index contributed by atoms with van der Waals surface area (Å²) in [6.45, 7) is 5.52. The summed E-state index contributed by atoms with van der Waals surface area (Å²) in [5.41, 5.74) is 5.10. The third kappa shape index (κ3) is 10.2. The molecule has 40 heavy (non-hydrogen) atoms. The third-order valence-electron chi connectivity index (χ3n) is 6.19. The number of rotatable bonds is 12. The van der Waals surface area contributed by atoms with Gasteiger partial charge >= 0.3 is 27.0 Å². The Morgan fingerprint density at radius 1 is 0.775 bits per heavy atom. The van der Waals surface area contributed by atoms with Gasteiger partial charge in [0.05, 0.1) is 13.2 Å². The van der Waals surface area contributed by atoms with Crippen LogP contribution in [-0.2, 0) is 38.7 Å². The predicted octanol–water partition coefficient (Wildman–Crippen LogP) is 7.79. The van der Waals surface area contributed by atoms with Crippen molar-refractivity contribution in [1.29, 1.82) is 0 Å². The molecule has 0 bridgehead atoms. The van der Waals surface area contributed by atoms with Crippen molar-refractivity contribution in [2.24, 2.45) is 0 Å². The van der Waals surface area contributed by atoms with Gasteiger partial charge in [-0.05, 0) is 37.1 Å². The second kappa shape index (κ2) is 17.4. The summed E-state index contributed by atoms with van der Waals surface area (Å²) in [6.07, 6.45) is 0. The summed E-state index contributed by atoms with van der Waals surface area (Å²) < 4.78 is 37.2. The molecule has 4 rings (SSSR count). The van der Waals surface area contributed by atoms with E-state index in [1.807, 2.05) is 84.9 Å². The summed E-state index contributed by atoms with van der Waals surface area (Å²) in [4.78, 5) is 0.187. The average Bonchev–Trinajstić information content (AvgIpc) is 2.97. The molecule has 0 aliphatic rings. The van der Waals surface area contributed by atoms with Crippen LogP contribution >= 0.6 is 9.69 Å². The molecule has 0 fully saturated rings. The number of hydrogen-bond acceptors (Lipinski definition) is 4. The molecule has 0 unspecified atom stereocenters. The van der Waals surface area contributed by atoms with Crippen molar-refractivity contribution < 1.29 is 30.5 Å². The number of ether oxygens (including phenoxy) is 1. The van der Waals surface area contributed by atoms with Crippen molar-refractivity contribution in [2.45, 2.75) is 37.4 Å². The first kappa shape index (κ1) is 33.8. The van der Waals surface area contributed by atoms with Crippen molar-refractivity contribution in [3.63, 3.8) is 0 Å². The zero-order valence-electron chi connectivity index (χ0n) is 23.0. The zero-order chi connectivity index (χ0) is 28.1. The first-order valence-corrected chi connectivity index (χ1v) is 16.2. The van der Waals surface area contributed by atoms with Crippen LogP contribution in [0.3, 0.4) is 0 Å². The molecule has 212 valence electrons. The van der Waals surface area contributed by atoms with E-state index in [0.717, 1.165) is 22.3 Å². The number of sulfonamides is 1. The topological polar surface area (TPSA) is 69.5 Å². The molecule has 0 aliphatic heterocycles. The van der Waals surface area contributed by atoms with Crippen LogP contribution < -0.4 is 5.32 Å². The van der Waals surface area contributed by atoms with Gasteiger partial charge in [-0.2, -0.15) is 0 Å². The van der Waals surface area contributed by atoms with Crippen molar-refractivity contribution >= 4 is 19.7 Å². The summed E-state index contributed by atoms with van der Waals surface area (Å²) in [6, 6.07) is 33.5. The number of hydrogen-bond donors (Lipinski definition) is 1. The van der Waals surface area contributed by atoms with E-state index in [2.05, 4.69) is 50.9 Å². The first-order chi connectivity index (χ1) is 18.9. The molecule has 0 radical (unpaired) electrons. The van der Waals surface area contributed by atoms with Gasteiger partial charge in [0.25, 0.3) is 0 Å². The summed E-state index contributed by atoms with van der Waals surface area (Å²) in [5, 5.41) is 3.53. The van der Waals surface area contributed by atoms with Crippen LogP contribution in [0.1, 0.15) is 39.9 Å². The van der Waals surface area contributed by atoms with Gasteiger partial charge in [-0.3, -0.25) is 0 Å². The SMILES string of the molecule is Cc1ccc(COCCN[C@@H](c2ccccc2)[C@@H]([N-]S(=O)(=O)c2ccc(C)cc2)c2ccccc2)cc1.[CH3-].[Cl][Ru+3]. The van der Waals surface area contributed by atoms with E-state index in [1.165, 1.54) is 5.56 Å². The van der Waals surface area contributed by atoms with Crippen LogP contribution in [0.4, 0.5) is 0 Å². The number of nitrogens with one attached hydrogen (secondary N) is 1. The maximum atomic E-state index is 13.4. The summed E-state index contributed by atoms with van der Waals surface area (Å²) in [7, 11) is 0.670. The van der Waals surface area contributed by atoms with E-state index in [1.54, 1.807) is 24.3 Å². The summed E-state index contributed by atoms with van der Waals surface area (Å²) >= 11 is 1.82. The van der Waals surface area contributed by atoms with Gasteiger partial charge in [0.1, 0.15) is 10.0 Å². The molecule has 0 spiro atoms. The Hall–Kier alpha value is -2.38. The van der Waals surface area contributed by atoms with Crippen molar-refractivity contribution in [3.8, 4) is 0 Å². The van der Waals surface area contributed by atoms with Gasteiger partial charge in [-0.1, -0.05) is 120 Å².